The van der Waals surface area contributed by atoms with Gasteiger partial charge in [-0.2, -0.15) is 0 Å². The summed E-state index contributed by atoms with van der Waals surface area (Å²) in [7, 11) is 4.18. The lowest BCUT2D eigenvalue weighted by molar-refractivity contribution is -0.910. The van der Waals surface area contributed by atoms with Crippen LogP contribution in [-0.2, 0) is 4.74 Å². The Kier molecular flexibility index (Phi) is 17.5. The minimum atomic E-state index is 0. The standard InChI is InChI=1S/C16H36NO2.ClH/c1-4-5-6-7-8-9-10-11-12-15-19-16-17(2,3)13-14-18;/h18H,4-16H2,1-3H3;1H/q+1;/p-1. The molecule has 0 aliphatic carbocycles. The zero-order valence-electron chi connectivity index (χ0n) is 13.9. The number of halogens is 1. The molecule has 0 aromatic heterocycles. The van der Waals surface area contributed by atoms with Gasteiger partial charge in [0.1, 0.15) is 6.54 Å². The number of unbranched alkanes of at least 4 members (excludes halogenated alkanes) is 8. The van der Waals surface area contributed by atoms with Gasteiger partial charge >= 0.3 is 0 Å². The van der Waals surface area contributed by atoms with Crippen molar-refractivity contribution in [2.24, 2.45) is 0 Å². The van der Waals surface area contributed by atoms with E-state index in [0.29, 0.717) is 6.73 Å². The minimum absolute atomic E-state index is 0. The molecule has 1 N–H and O–H groups in total. The van der Waals surface area contributed by atoms with Gasteiger partial charge in [0, 0.05) is 0 Å². The van der Waals surface area contributed by atoms with Crippen LogP contribution in [0.3, 0.4) is 0 Å². The molecule has 0 saturated heterocycles. The fourth-order valence-electron chi connectivity index (χ4n) is 2.16. The van der Waals surface area contributed by atoms with E-state index in [1.54, 1.807) is 0 Å². The van der Waals surface area contributed by atoms with E-state index in [0.717, 1.165) is 17.6 Å². The van der Waals surface area contributed by atoms with Gasteiger partial charge < -0.3 is 26.7 Å². The first kappa shape index (κ1) is 22.5. The largest absolute Gasteiger partial charge is 1.00 e. The van der Waals surface area contributed by atoms with Crippen LogP contribution in [0.15, 0.2) is 0 Å². The average molecular weight is 310 g/mol. The van der Waals surface area contributed by atoms with Crippen molar-refractivity contribution in [3.8, 4) is 0 Å². The smallest absolute Gasteiger partial charge is 0.182 e. The number of likely N-dealkylation sites (N-methyl/N-ethyl adjacent to an activating group) is 1. The van der Waals surface area contributed by atoms with Crippen LogP contribution in [-0.4, -0.2) is 50.2 Å². The monoisotopic (exact) mass is 309 g/mol. The zero-order chi connectivity index (χ0) is 14.4. The third kappa shape index (κ3) is 16.2. The van der Waals surface area contributed by atoms with E-state index < -0.39 is 0 Å². The number of rotatable bonds is 14. The molecule has 0 aromatic carbocycles. The van der Waals surface area contributed by atoms with Crippen molar-refractivity contribution >= 4 is 0 Å². The topological polar surface area (TPSA) is 29.5 Å². The van der Waals surface area contributed by atoms with Gasteiger partial charge in [0.05, 0.1) is 27.3 Å². The fourth-order valence-corrected chi connectivity index (χ4v) is 2.16. The molecule has 0 heterocycles. The van der Waals surface area contributed by atoms with Gasteiger partial charge in [-0.15, -0.1) is 0 Å². The maximum Gasteiger partial charge on any atom is 0.182 e. The highest BCUT2D eigenvalue weighted by molar-refractivity contribution is 4.46. The third-order valence-electron chi connectivity index (χ3n) is 3.54. The number of nitrogens with zero attached hydrogens (tertiary/aromatic N) is 1. The van der Waals surface area contributed by atoms with Gasteiger partial charge in [-0.05, 0) is 6.42 Å². The van der Waals surface area contributed by atoms with Crippen LogP contribution in [0.5, 0.6) is 0 Å². The van der Waals surface area contributed by atoms with E-state index >= 15 is 0 Å². The third-order valence-corrected chi connectivity index (χ3v) is 3.54. The summed E-state index contributed by atoms with van der Waals surface area (Å²) in [4.78, 5) is 0. The Hall–Kier alpha value is 0.170. The molecule has 0 radical (unpaired) electrons. The molecule has 0 atom stereocenters. The highest BCUT2D eigenvalue weighted by atomic mass is 35.5. The molecule has 0 bridgehead atoms. The lowest BCUT2D eigenvalue weighted by atomic mass is 10.1. The molecule has 0 fully saturated rings. The van der Waals surface area contributed by atoms with Gasteiger partial charge in [-0.25, -0.2) is 0 Å². The van der Waals surface area contributed by atoms with Crippen LogP contribution < -0.4 is 12.4 Å². The van der Waals surface area contributed by atoms with Crippen LogP contribution in [0.2, 0.25) is 0 Å². The van der Waals surface area contributed by atoms with Crippen LogP contribution in [0, 0.1) is 0 Å². The van der Waals surface area contributed by atoms with Crippen molar-refractivity contribution in [1.82, 2.24) is 0 Å². The Bertz CT molecular complexity index is 189. The van der Waals surface area contributed by atoms with E-state index in [2.05, 4.69) is 21.0 Å². The highest BCUT2D eigenvalue weighted by Crippen LogP contribution is 2.09. The summed E-state index contributed by atoms with van der Waals surface area (Å²) >= 11 is 0. The highest BCUT2D eigenvalue weighted by Gasteiger charge is 2.13. The second-order valence-electron chi connectivity index (χ2n) is 6.25. The molecule has 124 valence electrons. The van der Waals surface area contributed by atoms with Crippen molar-refractivity contribution in [3.05, 3.63) is 0 Å². The predicted octanol–water partition coefficient (Wildman–Crippen LogP) is 0.564. The summed E-state index contributed by atoms with van der Waals surface area (Å²) in [5, 5.41) is 8.91. The zero-order valence-corrected chi connectivity index (χ0v) is 14.6. The van der Waals surface area contributed by atoms with Gasteiger partial charge in [-0.3, -0.25) is 0 Å². The Balaban J connectivity index is 0. The van der Waals surface area contributed by atoms with Crippen LogP contribution in [0.1, 0.15) is 64.7 Å². The Morgan fingerprint density at radius 1 is 0.850 bits per heavy atom. The second kappa shape index (κ2) is 15.6. The summed E-state index contributed by atoms with van der Waals surface area (Å²) in [6, 6.07) is 0. The number of quaternary nitrogens is 1. The van der Waals surface area contributed by atoms with Gasteiger partial charge in [0.2, 0.25) is 0 Å². The number of ether oxygens (including phenoxy) is 1. The first-order valence-electron chi connectivity index (χ1n) is 8.13. The molecule has 0 rings (SSSR count). The number of aliphatic hydroxyl groups is 1. The van der Waals surface area contributed by atoms with Crippen molar-refractivity contribution in [2.45, 2.75) is 64.7 Å². The summed E-state index contributed by atoms with van der Waals surface area (Å²) in [6.45, 7) is 4.83. The average Bonchev–Trinajstić information content (AvgIpc) is 2.36. The van der Waals surface area contributed by atoms with Crippen molar-refractivity contribution in [2.75, 3.05) is 40.6 Å². The second-order valence-corrected chi connectivity index (χ2v) is 6.25. The molecule has 0 spiro atoms. The lowest BCUT2D eigenvalue weighted by Gasteiger charge is -2.28. The quantitative estimate of drug-likeness (QED) is 0.289. The van der Waals surface area contributed by atoms with Crippen LogP contribution in [0.4, 0.5) is 0 Å². The molecule has 0 aromatic rings. The molecule has 4 heteroatoms. The molecule has 3 nitrogen and oxygen atoms in total. The molecule has 0 saturated carbocycles. The fraction of sp³-hybridized carbons (Fsp3) is 1.00. The van der Waals surface area contributed by atoms with E-state index in [9.17, 15) is 0 Å². The Morgan fingerprint density at radius 2 is 1.35 bits per heavy atom. The molecule has 20 heavy (non-hydrogen) atoms. The van der Waals surface area contributed by atoms with Crippen molar-refractivity contribution < 1.29 is 26.7 Å². The molecular formula is C16H36ClNO2. The van der Waals surface area contributed by atoms with Gasteiger partial charge in [0.15, 0.2) is 6.73 Å². The molecule has 0 unspecified atom stereocenters. The summed E-state index contributed by atoms with van der Waals surface area (Å²) in [5.74, 6) is 0. The summed E-state index contributed by atoms with van der Waals surface area (Å²) in [5.41, 5.74) is 0. The maximum atomic E-state index is 8.91. The van der Waals surface area contributed by atoms with Crippen molar-refractivity contribution in [3.63, 3.8) is 0 Å². The Morgan fingerprint density at radius 3 is 1.85 bits per heavy atom. The minimum Gasteiger partial charge on any atom is -1.00 e. The first-order valence-corrected chi connectivity index (χ1v) is 8.13. The SMILES string of the molecule is CCCCCCCCCCCOC[N+](C)(C)CCO.[Cl-]. The number of aliphatic hydroxyl groups excluding tert-OH is 1. The number of hydrogen-bond acceptors (Lipinski definition) is 2. The maximum absolute atomic E-state index is 8.91. The van der Waals surface area contributed by atoms with Gasteiger partial charge in [-0.1, -0.05) is 58.3 Å². The van der Waals surface area contributed by atoms with E-state index in [1.165, 1.54) is 57.8 Å². The number of hydrogen-bond donors (Lipinski definition) is 1. The molecular weight excluding hydrogens is 274 g/mol. The van der Waals surface area contributed by atoms with Gasteiger partial charge in [0.25, 0.3) is 0 Å². The van der Waals surface area contributed by atoms with Crippen LogP contribution >= 0.6 is 0 Å². The molecule has 0 amide bonds. The molecule has 0 aliphatic heterocycles. The summed E-state index contributed by atoms with van der Waals surface area (Å²) < 4.78 is 6.42. The normalized spacial score (nSPS) is 11.4. The van der Waals surface area contributed by atoms with Crippen molar-refractivity contribution in [1.29, 1.82) is 0 Å². The summed E-state index contributed by atoms with van der Waals surface area (Å²) in [6.07, 6.45) is 12.2. The lowest BCUT2D eigenvalue weighted by Crippen LogP contribution is -3.00. The first-order chi connectivity index (χ1) is 9.12. The van der Waals surface area contributed by atoms with E-state index in [-0.39, 0.29) is 19.0 Å². The molecule has 0 aliphatic rings. The predicted molar refractivity (Wildman–Crippen MR) is 82.1 cm³/mol. The Labute approximate surface area is 132 Å². The van der Waals surface area contributed by atoms with Crippen LogP contribution in [0.25, 0.3) is 0 Å². The van der Waals surface area contributed by atoms with E-state index in [4.69, 9.17) is 9.84 Å². The van der Waals surface area contributed by atoms with E-state index in [1.807, 2.05) is 0 Å².